The molecule has 10 atom stereocenters. The molecule has 25 nitrogen and oxygen atoms in total. The van der Waals surface area contributed by atoms with Crippen LogP contribution in [0.1, 0.15) is 131 Å². The highest BCUT2D eigenvalue weighted by Gasteiger charge is 2.37. The average Bonchev–Trinajstić information content (AvgIpc) is 3.35. The molecule has 9 amide bonds. The molecule has 1 rings (SSSR count). The first kappa shape index (κ1) is 68.7. The van der Waals surface area contributed by atoms with Gasteiger partial charge < -0.3 is 81.4 Å². The van der Waals surface area contributed by atoms with Crippen molar-refractivity contribution in [2.24, 2.45) is 46.4 Å². The maximum absolute atomic E-state index is 14.2. The van der Waals surface area contributed by atoms with Crippen LogP contribution in [-0.2, 0) is 54.4 Å². The maximum atomic E-state index is 14.2. The van der Waals surface area contributed by atoms with E-state index >= 15 is 0 Å². The van der Waals surface area contributed by atoms with Crippen molar-refractivity contribution in [1.29, 1.82) is 0 Å². The number of nitrogens with one attached hydrogen (secondary N) is 8. The third-order valence-corrected chi connectivity index (χ3v) is 12.4. The van der Waals surface area contributed by atoms with Gasteiger partial charge in [-0.25, -0.2) is 4.79 Å². The third kappa shape index (κ3) is 27.1. The summed E-state index contributed by atoms with van der Waals surface area (Å²) >= 11 is 0. The van der Waals surface area contributed by atoms with E-state index in [1.165, 1.54) is 6.92 Å². The Morgan fingerprint density at radius 3 is 1.27 bits per heavy atom. The minimum atomic E-state index is -1.71. The molecule has 0 saturated heterocycles. The Morgan fingerprint density at radius 2 is 0.844 bits per heavy atom. The highest BCUT2D eigenvalue weighted by atomic mass is 16.4. The summed E-state index contributed by atoms with van der Waals surface area (Å²) < 4.78 is 0. The number of carboxylic acid groups (broad SMARTS) is 1. The molecule has 0 aromatic heterocycles. The van der Waals surface area contributed by atoms with Gasteiger partial charge in [-0.1, -0.05) is 78.3 Å². The van der Waals surface area contributed by atoms with Gasteiger partial charge in [-0.2, -0.15) is 0 Å². The number of nitrogens with two attached hydrogens (primary N) is 5. The molecule has 0 fully saturated rings. The number of carboxylic acids is 1. The number of rotatable bonds is 39. The van der Waals surface area contributed by atoms with Crippen molar-refractivity contribution in [3.8, 4) is 0 Å². The van der Waals surface area contributed by atoms with Gasteiger partial charge in [0.15, 0.2) is 0 Å². The number of benzene rings is 1. The lowest BCUT2D eigenvalue weighted by atomic mass is 10.00. The molecule has 436 valence electrons. The van der Waals surface area contributed by atoms with Gasteiger partial charge in [0, 0.05) is 6.42 Å². The summed E-state index contributed by atoms with van der Waals surface area (Å²) in [4.78, 5) is 135. The number of primary amides is 1. The predicted molar refractivity (Wildman–Crippen MR) is 289 cm³/mol. The van der Waals surface area contributed by atoms with E-state index in [0.29, 0.717) is 50.6 Å². The highest BCUT2D eigenvalue weighted by Crippen LogP contribution is 2.13. The summed E-state index contributed by atoms with van der Waals surface area (Å²) in [6, 6.07) is -3.52. The highest BCUT2D eigenvalue weighted by molar-refractivity contribution is 5.99. The van der Waals surface area contributed by atoms with Gasteiger partial charge in [0.05, 0.1) is 18.6 Å². The van der Waals surface area contributed by atoms with E-state index in [2.05, 4.69) is 42.5 Å². The van der Waals surface area contributed by atoms with Crippen molar-refractivity contribution in [3.05, 3.63) is 35.9 Å². The molecule has 0 saturated carbocycles. The Labute approximate surface area is 453 Å². The van der Waals surface area contributed by atoms with Gasteiger partial charge in [0.25, 0.3) is 0 Å². The zero-order chi connectivity index (χ0) is 58.4. The first-order valence-corrected chi connectivity index (χ1v) is 26.8. The van der Waals surface area contributed by atoms with Crippen molar-refractivity contribution >= 4 is 59.1 Å². The topological polar surface area (TPSA) is 437 Å². The number of aliphatic hydroxyl groups is 1. The first-order valence-electron chi connectivity index (χ1n) is 26.8. The van der Waals surface area contributed by atoms with Crippen LogP contribution < -0.4 is 71.2 Å². The van der Waals surface area contributed by atoms with Gasteiger partial charge in [0.1, 0.15) is 48.3 Å². The molecule has 77 heavy (non-hydrogen) atoms. The second-order valence-electron chi connectivity index (χ2n) is 20.7. The van der Waals surface area contributed by atoms with Crippen LogP contribution in [0.5, 0.6) is 0 Å². The van der Waals surface area contributed by atoms with E-state index in [1.54, 1.807) is 58.0 Å². The average molecular weight is 1090 g/mol. The summed E-state index contributed by atoms with van der Waals surface area (Å²) in [5.74, 6) is -9.95. The van der Waals surface area contributed by atoms with Gasteiger partial charge in [-0.15, -0.1) is 0 Å². The molecule has 0 unspecified atom stereocenters. The van der Waals surface area contributed by atoms with E-state index in [4.69, 9.17) is 28.7 Å². The molecule has 1 aromatic carbocycles. The fraction of sp³-hybridized carbons (Fsp3) is 0.692. The second-order valence-corrected chi connectivity index (χ2v) is 20.7. The Morgan fingerprint density at radius 1 is 0.468 bits per heavy atom. The molecule has 0 aliphatic carbocycles. The Hall–Kier alpha value is -6.28. The number of amides is 9. The number of aliphatic carboxylic acids is 1. The van der Waals surface area contributed by atoms with E-state index in [0.717, 1.165) is 0 Å². The predicted octanol–water partition coefficient (Wildman–Crippen LogP) is -2.09. The minimum Gasteiger partial charge on any atom is -0.480 e. The molecular formula is C52H91N13O12. The largest absolute Gasteiger partial charge is 0.480 e. The van der Waals surface area contributed by atoms with E-state index < -0.39 is 132 Å². The summed E-state index contributed by atoms with van der Waals surface area (Å²) in [7, 11) is 0. The SMILES string of the molecule is CC(C)C[C@H](NC(=O)[C@@H](NC(=O)[C@H](CC(C)C)NC(=O)[C@@H](N)CCCCN)[C@@H](C)O)C(=O)N[C@@H](CCCCN)C(=O)N[C@@H](CC(N)=O)C(=O)N[C@@H](CCCCN)C(=O)N[C@@H](Cc1ccccc1)C(=O)N[C@H](C(=O)O)C(C)C. The molecule has 0 bridgehead atoms. The smallest absolute Gasteiger partial charge is 0.326 e. The number of carbonyl (C=O) groups excluding carboxylic acids is 9. The van der Waals surface area contributed by atoms with Crippen LogP contribution in [0.25, 0.3) is 0 Å². The monoisotopic (exact) mass is 1090 g/mol. The number of hydrogen-bond donors (Lipinski definition) is 15. The van der Waals surface area contributed by atoms with Crippen LogP contribution in [0.3, 0.4) is 0 Å². The lowest BCUT2D eigenvalue weighted by Gasteiger charge is -2.29. The van der Waals surface area contributed by atoms with Crippen molar-refractivity contribution in [2.45, 2.75) is 192 Å². The van der Waals surface area contributed by atoms with Gasteiger partial charge in [-0.3, -0.25) is 43.2 Å². The summed E-state index contributed by atoms with van der Waals surface area (Å²) in [6.07, 6.45) is 0.784. The number of carbonyl (C=O) groups is 10. The van der Waals surface area contributed by atoms with Gasteiger partial charge >= 0.3 is 5.97 Å². The second kappa shape index (κ2) is 36.7. The van der Waals surface area contributed by atoms with Crippen LogP contribution in [-0.4, -0.2) is 149 Å². The summed E-state index contributed by atoms with van der Waals surface area (Å²) in [6.45, 7) is 12.5. The molecule has 0 radical (unpaired) electrons. The molecular weight excluding hydrogens is 999 g/mol. The third-order valence-electron chi connectivity index (χ3n) is 12.4. The molecule has 1 aromatic rings. The first-order chi connectivity index (χ1) is 36.3. The van der Waals surface area contributed by atoms with Crippen LogP contribution in [0.2, 0.25) is 0 Å². The quantitative estimate of drug-likeness (QED) is 0.0314. The molecule has 0 aliphatic rings. The zero-order valence-corrected chi connectivity index (χ0v) is 46.1. The van der Waals surface area contributed by atoms with E-state index in [1.807, 2.05) is 13.8 Å². The van der Waals surface area contributed by atoms with Crippen LogP contribution in [0, 0.1) is 17.8 Å². The zero-order valence-electron chi connectivity index (χ0n) is 46.1. The minimum absolute atomic E-state index is 0.00924. The lowest BCUT2D eigenvalue weighted by Crippen LogP contribution is -2.62. The maximum Gasteiger partial charge on any atom is 0.326 e. The fourth-order valence-electron chi connectivity index (χ4n) is 8.09. The number of unbranched alkanes of at least 4 members (excludes halogenated alkanes) is 3. The van der Waals surface area contributed by atoms with Crippen molar-refractivity contribution in [1.82, 2.24) is 42.5 Å². The van der Waals surface area contributed by atoms with Crippen LogP contribution in [0.15, 0.2) is 30.3 Å². The van der Waals surface area contributed by atoms with Gasteiger partial charge in [0.2, 0.25) is 53.2 Å². The molecule has 20 N–H and O–H groups in total. The Kier molecular flexibility index (Phi) is 32.8. The normalized spacial score (nSPS) is 15.3. The molecule has 25 heteroatoms. The Bertz CT molecular complexity index is 2040. The van der Waals surface area contributed by atoms with Crippen molar-refractivity contribution in [3.63, 3.8) is 0 Å². The van der Waals surface area contributed by atoms with Crippen molar-refractivity contribution in [2.75, 3.05) is 19.6 Å². The molecule has 0 spiro atoms. The lowest BCUT2D eigenvalue weighted by molar-refractivity contribution is -0.143. The Balaban J connectivity index is 3.51. The summed E-state index contributed by atoms with van der Waals surface area (Å²) in [5.41, 5.74) is 29.3. The fourth-order valence-corrected chi connectivity index (χ4v) is 8.09. The number of hydrogen-bond acceptors (Lipinski definition) is 15. The molecule has 0 aliphatic heterocycles. The standard InChI is InChI=1S/C52H91N13O12/c1-29(2)25-37(63-51(75)43(32(7)66)65-49(73)38(26-30(3)4)60-44(68)34(56)19-11-14-22-53)47(71)58-36(21-13-16-24-55)46(70)62-40(28-41(57)67)48(72)59-35(20-12-15-23-54)45(69)61-39(27-33-17-9-8-10-18-33)50(74)64-42(31(5)6)52(76)77/h8-10,17-18,29-32,34-40,42-43,66H,11-16,19-28,53-56H2,1-7H3,(H2,57,67)(H,58,71)(H,59,72)(H,60,68)(H,61,69)(H,62,70)(H,63,75)(H,64,74)(H,65,73)(H,76,77)/t32-,34+,35+,36+,37+,38+,39+,40+,42+,43+/m1/s1. The number of aliphatic hydroxyl groups excluding tert-OH is 1. The molecule has 0 heterocycles. The van der Waals surface area contributed by atoms with Crippen LogP contribution >= 0.6 is 0 Å². The van der Waals surface area contributed by atoms with Crippen LogP contribution in [0.4, 0.5) is 0 Å². The van der Waals surface area contributed by atoms with E-state index in [9.17, 15) is 58.2 Å². The summed E-state index contributed by atoms with van der Waals surface area (Å²) in [5, 5.41) is 41.1. The van der Waals surface area contributed by atoms with E-state index in [-0.39, 0.29) is 63.5 Å². The van der Waals surface area contributed by atoms with Gasteiger partial charge in [-0.05, 0) is 114 Å². The van der Waals surface area contributed by atoms with Crippen molar-refractivity contribution < 1.29 is 58.2 Å².